The van der Waals surface area contributed by atoms with Gasteiger partial charge in [-0.1, -0.05) is 35.9 Å². The lowest BCUT2D eigenvalue weighted by molar-refractivity contribution is -0.116. The third kappa shape index (κ3) is 4.39. The fraction of sp³-hybridized carbons (Fsp3) is 0.217. The Hall–Kier alpha value is -3.12. The standard InChI is InChI=1S/C23H22ClFN4O/c1-15-12-22(28-29(15)14-18-19(24)8-5-9-20(18)25)27-23(30)11-4-6-16-13-26-21-10-3-2-7-17(16)21/h2-3,5,7-10,12-13,26H,4,6,11,14H2,1H3,(H,27,28,30). The second kappa shape index (κ2) is 8.71. The van der Waals surface area contributed by atoms with E-state index in [1.165, 1.54) is 17.0 Å². The van der Waals surface area contributed by atoms with Crippen LogP contribution in [0, 0.1) is 12.7 Å². The maximum Gasteiger partial charge on any atom is 0.225 e. The fourth-order valence-electron chi connectivity index (χ4n) is 3.55. The number of rotatable bonds is 7. The summed E-state index contributed by atoms with van der Waals surface area (Å²) in [6.45, 7) is 2.06. The van der Waals surface area contributed by atoms with Crippen LogP contribution in [0.3, 0.4) is 0 Å². The first kappa shape index (κ1) is 20.2. The van der Waals surface area contributed by atoms with Gasteiger partial charge in [-0.3, -0.25) is 9.48 Å². The zero-order valence-electron chi connectivity index (χ0n) is 16.6. The molecule has 0 unspecified atom stereocenters. The first-order valence-corrected chi connectivity index (χ1v) is 10.2. The maximum absolute atomic E-state index is 14.0. The molecule has 30 heavy (non-hydrogen) atoms. The van der Waals surface area contributed by atoms with Crippen molar-refractivity contribution in [2.24, 2.45) is 0 Å². The zero-order valence-corrected chi connectivity index (χ0v) is 17.3. The van der Waals surface area contributed by atoms with Gasteiger partial charge in [0.05, 0.1) is 6.54 Å². The minimum Gasteiger partial charge on any atom is -0.361 e. The Bertz CT molecular complexity index is 1180. The number of amides is 1. The number of nitrogens with one attached hydrogen (secondary N) is 2. The number of halogens is 2. The molecular formula is C23H22ClFN4O. The molecule has 154 valence electrons. The van der Waals surface area contributed by atoms with E-state index in [1.54, 1.807) is 22.9 Å². The second-order valence-corrected chi connectivity index (χ2v) is 7.70. The Morgan fingerprint density at radius 2 is 2.07 bits per heavy atom. The van der Waals surface area contributed by atoms with Gasteiger partial charge in [0.1, 0.15) is 5.82 Å². The number of benzene rings is 2. The van der Waals surface area contributed by atoms with E-state index >= 15 is 0 Å². The van der Waals surface area contributed by atoms with Crippen molar-refractivity contribution in [1.29, 1.82) is 0 Å². The predicted molar refractivity (Wildman–Crippen MR) is 117 cm³/mol. The van der Waals surface area contributed by atoms with Gasteiger partial charge >= 0.3 is 0 Å². The number of aromatic amines is 1. The average molecular weight is 425 g/mol. The van der Waals surface area contributed by atoms with Crippen LogP contribution < -0.4 is 5.32 Å². The van der Waals surface area contributed by atoms with E-state index in [2.05, 4.69) is 21.5 Å². The molecule has 0 atom stereocenters. The SMILES string of the molecule is Cc1cc(NC(=O)CCCc2c[nH]c3ccccc23)nn1Cc1c(F)cccc1Cl. The molecule has 5 nitrogen and oxygen atoms in total. The van der Waals surface area contributed by atoms with Crippen molar-refractivity contribution >= 4 is 34.2 Å². The summed E-state index contributed by atoms with van der Waals surface area (Å²) >= 11 is 6.11. The van der Waals surface area contributed by atoms with Crippen LogP contribution in [0.15, 0.2) is 54.7 Å². The van der Waals surface area contributed by atoms with E-state index in [0.717, 1.165) is 24.1 Å². The number of para-hydroxylation sites is 1. The second-order valence-electron chi connectivity index (χ2n) is 7.29. The minimum atomic E-state index is -0.375. The first-order valence-electron chi connectivity index (χ1n) is 9.83. The van der Waals surface area contributed by atoms with Crippen molar-refractivity contribution in [3.8, 4) is 0 Å². The highest BCUT2D eigenvalue weighted by molar-refractivity contribution is 6.31. The highest BCUT2D eigenvalue weighted by Gasteiger charge is 2.13. The van der Waals surface area contributed by atoms with E-state index in [1.807, 2.05) is 31.3 Å². The zero-order chi connectivity index (χ0) is 21.1. The Labute approximate surface area is 178 Å². The molecule has 2 aromatic carbocycles. The Morgan fingerprint density at radius 1 is 1.23 bits per heavy atom. The molecule has 0 spiro atoms. The molecule has 0 bridgehead atoms. The van der Waals surface area contributed by atoms with Gasteiger partial charge in [0, 0.05) is 45.9 Å². The number of aryl methyl sites for hydroxylation is 2. The summed E-state index contributed by atoms with van der Waals surface area (Å²) < 4.78 is 15.7. The molecule has 0 radical (unpaired) electrons. The average Bonchev–Trinajstić information content (AvgIpc) is 3.28. The van der Waals surface area contributed by atoms with E-state index in [-0.39, 0.29) is 18.3 Å². The molecule has 1 amide bonds. The minimum absolute atomic E-state index is 0.0941. The smallest absolute Gasteiger partial charge is 0.225 e. The molecule has 0 aliphatic rings. The topological polar surface area (TPSA) is 62.7 Å². The highest BCUT2D eigenvalue weighted by atomic mass is 35.5. The number of anilines is 1. The fourth-order valence-corrected chi connectivity index (χ4v) is 3.77. The van der Waals surface area contributed by atoms with E-state index in [4.69, 9.17) is 11.6 Å². The molecule has 0 aliphatic carbocycles. The quantitative estimate of drug-likeness (QED) is 0.413. The maximum atomic E-state index is 14.0. The van der Waals surface area contributed by atoms with Crippen molar-refractivity contribution in [2.75, 3.05) is 5.32 Å². The number of hydrogen-bond acceptors (Lipinski definition) is 2. The largest absolute Gasteiger partial charge is 0.361 e. The van der Waals surface area contributed by atoms with Gasteiger partial charge in [-0.05, 0) is 43.5 Å². The van der Waals surface area contributed by atoms with Crippen LogP contribution in [-0.4, -0.2) is 20.7 Å². The molecular weight excluding hydrogens is 403 g/mol. The number of carbonyl (C=O) groups is 1. The number of fused-ring (bicyclic) bond motifs is 1. The summed E-state index contributed by atoms with van der Waals surface area (Å²) in [5.74, 6) is -0.0132. The van der Waals surface area contributed by atoms with Gasteiger partial charge in [-0.25, -0.2) is 4.39 Å². The van der Waals surface area contributed by atoms with Crippen molar-refractivity contribution in [3.05, 3.63) is 82.4 Å². The Balaban J connectivity index is 1.34. The predicted octanol–water partition coefficient (Wildman–Crippen LogP) is 5.48. The monoisotopic (exact) mass is 424 g/mol. The number of H-pyrrole nitrogens is 1. The van der Waals surface area contributed by atoms with Crippen LogP contribution in [0.5, 0.6) is 0 Å². The molecule has 0 fully saturated rings. The summed E-state index contributed by atoms with van der Waals surface area (Å²) in [6.07, 6.45) is 3.95. The van der Waals surface area contributed by atoms with Gasteiger partial charge in [0.25, 0.3) is 0 Å². The molecule has 4 aromatic rings. The molecule has 2 N–H and O–H groups in total. The number of hydrogen-bond donors (Lipinski definition) is 2. The molecule has 0 aliphatic heterocycles. The van der Waals surface area contributed by atoms with Crippen LogP contribution in [0.4, 0.5) is 10.2 Å². The molecule has 7 heteroatoms. The summed E-state index contributed by atoms with van der Waals surface area (Å²) in [5, 5.41) is 8.76. The van der Waals surface area contributed by atoms with Crippen LogP contribution in [0.1, 0.15) is 29.7 Å². The Kier molecular flexibility index (Phi) is 5.86. The van der Waals surface area contributed by atoms with Gasteiger partial charge in [0.2, 0.25) is 5.91 Å². The van der Waals surface area contributed by atoms with Gasteiger partial charge < -0.3 is 10.3 Å². The van der Waals surface area contributed by atoms with Gasteiger partial charge in [-0.2, -0.15) is 5.10 Å². The van der Waals surface area contributed by atoms with Crippen LogP contribution >= 0.6 is 11.6 Å². The summed E-state index contributed by atoms with van der Waals surface area (Å²) in [4.78, 5) is 15.6. The number of aromatic nitrogens is 3. The van der Waals surface area contributed by atoms with Gasteiger partial charge in [0.15, 0.2) is 5.82 Å². The lowest BCUT2D eigenvalue weighted by Crippen LogP contribution is -2.13. The molecule has 0 saturated heterocycles. The number of carbonyl (C=O) groups excluding carboxylic acids is 1. The highest BCUT2D eigenvalue weighted by Crippen LogP contribution is 2.22. The summed E-state index contributed by atoms with van der Waals surface area (Å²) in [6, 6.07) is 14.5. The Morgan fingerprint density at radius 3 is 2.90 bits per heavy atom. The lowest BCUT2D eigenvalue weighted by atomic mass is 10.1. The number of nitrogens with zero attached hydrogens (tertiary/aromatic N) is 2. The van der Waals surface area contributed by atoms with E-state index in [9.17, 15) is 9.18 Å². The summed E-state index contributed by atoms with van der Waals surface area (Å²) in [5.41, 5.74) is 3.50. The van der Waals surface area contributed by atoms with Crippen molar-refractivity contribution in [2.45, 2.75) is 32.7 Å². The molecule has 4 rings (SSSR count). The molecule has 0 saturated carbocycles. The molecule has 2 aromatic heterocycles. The lowest BCUT2D eigenvalue weighted by Gasteiger charge is -2.07. The van der Waals surface area contributed by atoms with Crippen molar-refractivity contribution in [3.63, 3.8) is 0 Å². The first-order chi connectivity index (χ1) is 14.5. The van der Waals surface area contributed by atoms with Crippen LogP contribution in [0.2, 0.25) is 5.02 Å². The van der Waals surface area contributed by atoms with Gasteiger partial charge in [-0.15, -0.1) is 0 Å². The van der Waals surface area contributed by atoms with E-state index in [0.29, 0.717) is 22.8 Å². The van der Waals surface area contributed by atoms with Crippen LogP contribution in [-0.2, 0) is 17.8 Å². The molecule has 2 heterocycles. The normalized spacial score (nSPS) is 11.2. The van der Waals surface area contributed by atoms with Crippen molar-refractivity contribution < 1.29 is 9.18 Å². The van der Waals surface area contributed by atoms with Crippen molar-refractivity contribution in [1.82, 2.24) is 14.8 Å². The third-order valence-electron chi connectivity index (χ3n) is 5.14. The third-order valence-corrected chi connectivity index (χ3v) is 5.50. The van der Waals surface area contributed by atoms with Crippen LogP contribution in [0.25, 0.3) is 10.9 Å². The van der Waals surface area contributed by atoms with E-state index < -0.39 is 0 Å². The summed E-state index contributed by atoms with van der Waals surface area (Å²) in [7, 11) is 0.